The fourth-order valence-electron chi connectivity index (χ4n) is 1.89. The van der Waals surface area contributed by atoms with Gasteiger partial charge in [-0.3, -0.25) is 4.68 Å². The molecule has 17 heavy (non-hydrogen) atoms. The Morgan fingerprint density at radius 1 is 1.41 bits per heavy atom. The molecule has 0 saturated heterocycles. The number of benzene rings is 1. The van der Waals surface area contributed by atoms with Crippen LogP contribution in [0.5, 0.6) is 0 Å². The van der Waals surface area contributed by atoms with Crippen molar-refractivity contribution in [3.63, 3.8) is 0 Å². The van der Waals surface area contributed by atoms with E-state index in [0.717, 1.165) is 16.7 Å². The summed E-state index contributed by atoms with van der Waals surface area (Å²) in [7, 11) is 1.89. The predicted molar refractivity (Wildman–Crippen MR) is 67.4 cm³/mol. The highest BCUT2D eigenvalue weighted by Gasteiger charge is 2.09. The van der Waals surface area contributed by atoms with Gasteiger partial charge < -0.3 is 10.8 Å². The van der Waals surface area contributed by atoms with Gasteiger partial charge in [0, 0.05) is 24.8 Å². The summed E-state index contributed by atoms with van der Waals surface area (Å²) < 4.78 is 1.78. The summed E-state index contributed by atoms with van der Waals surface area (Å²) in [5.41, 5.74) is 9.13. The van der Waals surface area contributed by atoms with Crippen LogP contribution in [0.1, 0.15) is 5.56 Å². The van der Waals surface area contributed by atoms with Crippen molar-refractivity contribution in [1.29, 1.82) is 0 Å². The highest BCUT2D eigenvalue weighted by molar-refractivity contribution is 5.66. The van der Waals surface area contributed by atoms with Crippen LogP contribution in [0.4, 0.5) is 0 Å². The van der Waals surface area contributed by atoms with E-state index in [1.807, 2.05) is 37.6 Å². The maximum absolute atomic E-state index is 9.02. The standard InChI is InChI=1S/C13H17N3O/c1-16-8-11(7-15-16)13-5-3-2-4-10(13)6-12(14)9-17/h2-5,7-8,12,17H,6,9,14H2,1H3/t12-/m0/s1. The Balaban J connectivity index is 2.33. The molecule has 90 valence electrons. The normalized spacial score (nSPS) is 12.6. The van der Waals surface area contributed by atoms with Gasteiger partial charge >= 0.3 is 0 Å². The van der Waals surface area contributed by atoms with Crippen LogP contribution in [0.2, 0.25) is 0 Å². The fraction of sp³-hybridized carbons (Fsp3) is 0.308. The van der Waals surface area contributed by atoms with Gasteiger partial charge in [-0.2, -0.15) is 5.10 Å². The van der Waals surface area contributed by atoms with E-state index in [2.05, 4.69) is 11.2 Å². The third kappa shape index (κ3) is 2.72. The Morgan fingerprint density at radius 3 is 2.82 bits per heavy atom. The lowest BCUT2D eigenvalue weighted by Gasteiger charge is -2.11. The molecule has 0 aliphatic rings. The largest absolute Gasteiger partial charge is 0.395 e. The average Bonchev–Trinajstić information content (AvgIpc) is 2.76. The van der Waals surface area contributed by atoms with Crippen LogP contribution >= 0.6 is 0 Å². The van der Waals surface area contributed by atoms with Crippen molar-refractivity contribution < 1.29 is 5.11 Å². The summed E-state index contributed by atoms with van der Waals surface area (Å²) in [5, 5.41) is 13.2. The number of aromatic nitrogens is 2. The van der Waals surface area contributed by atoms with Gasteiger partial charge in [0.2, 0.25) is 0 Å². The Labute approximate surface area is 101 Å². The number of aryl methyl sites for hydroxylation is 1. The first-order valence-corrected chi connectivity index (χ1v) is 5.64. The molecule has 1 aromatic carbocycles. The van der Waals surface area contributed by atoms with Crippen molar-refractivity contribution in [2.24, 2.45) is 12.8 Å². The molecular formula is C13H17N3O. The fourth-order valence-corrected chi connectivity index (χ4v) is 1.89. The predicted octanol–water partition coefficient (Wildman–Crippen LogP) is 0.949. The molecule has 1 heterocycles. The molecule has 0 saturated carbocycles. The summed E-state index contributed by atoms with van der Waals surface area (Å²) in [6.07, 6.45) is 4.48. The molecule has 2 aromatic rings. The molecule has 0 aliphatic carbocycles. The van der Waals surface area contributed by atoms with Crippen LogP contribution in [0.25, 0.3) is 11.1 Å². The van der Waals surface area contributed by atoms with E-state index in [1.165, 1.54) is 0 Å². The summed E-state index contributed by atoms with van der Waals surface area (Å²) in [4.78, 5) is 0. The number of rotatable bonds is 4. The molecule has 4 nitrogen and oxygen atoms in total. The molecule has 0 fully saturated rings. The Bertz CT molecular complexity index is 493. The van der Waals surface area contributed by atoms with Crippen molar-refractivity contribution in [1.82, 2.24) is 9.78 Å². The van der Waals surface area contributed by atoms with E-state index in [4.69, 9.17) is 10.8 Å². The van der Waals surface area contributed by atoms with Crippen molar-refractivity contribution >= 4 is 0 Å². The van der Waals surface area contributed by atoms with E-state index in [9.17, 15) is 0 Å². The van der Waals surface area contributed by atoms with E-state index in [0.29, 0.717) is 6.42 Å². The van der Waals surface area contributed by atoms with Gasteiger partial charge in [0.15, 0.2) is 0 Å². The van der Waals surface area contributed by atoms with Crippen LogP contribution < -0.4 is 5.73 Å². The number of nitrogens with two attached hydrogens (primary N) is 1. The van der Waals surface area contributed by atoms with Crippen molar-refractivity contribution in [2.75, 3.05) is 6.61 Å². The molecule has 0 amide bonds. The number of nitrogens with zero attached hydrogens (tertiary/aromatic N) is 2. The second kappa shape index (κ2) is 5.12. The van der Waals surface area contributed by atoms with Gasteiger partial charge in [0.1, 0.15) is 0 Å². The average molecular weight is 231 g/mol. The van der Waals surface area contributed by atoms with Crippen LogP contribution in [0.15, 0.2) is 36.7 Å². The first-order valence-electron chi connectivity index (χ1n) is 5.64. The van der Waals surface area contributed by atoms with Crippen molar-refractivity contribution in [2.45, 2.75) is 12.5 Å². The van der Waals surface area contributed by atoms with Gasteiger partial charge in [-0.1, -0.05) is 24.3 Å². The molecule has 4 heteroatoms. The molecule has 0 aliphatic heterocycles. The minimum atomic E-state index is -0.215. The zero-order valence-electron chi connectivity index (χ0n) is 9.87. The van der Waals surface area contributed by atoms with Gasteiger partial charge in [0.25, 0.3) is 0 Å². The molecule has 0 unspecified atom stereocenters. The molecule has 1 aromatic heterocycles. The van der Waals surface area contributed by atoms with Crippen LogP contribution in [-0.2, 0) is 13.5 Å². The van der Waals surface area contributed by atoms with Gasteiger partial charge in [-0.05, 0) is 17.5 Å². The third-order valence-corrected chi connectivity index (χ3v) is 2.75. The Hall–Kier alpha value is -1.65. The van der Waals surface area contributed by atoms with Gasteiger partial charge in [-0.15, -0.1) is 0 Å². The number of hydrogen-bond acceptors (Lipinski definition) is 3. The summed E-state index contributed by atoms with van der Waals surface area (Å²) >= 11 is 0. The molecule has 3 N–H and O–H groups in total. The summed E-state index contributed by atoms with van der Waals surface area (Å²) in [6, 6.07) is 7.86. The minimum Gasteiger partial charge on any atom is -0.395 e. The molecule has 2 rings (SSSR count). The number of aliphatic hydroxyl groups excluding tert-OH is 1. The summed E-state index contributed by atoms with van der Waals surface area (Å²) in [6.45, 7) is 0.00136. The smallest absolute Gasteiger partial charge is 0.0585 e. The minimum absolute atomic E-state index is 0.00136. The van der Waals surface area contributed by atoms with Crippen LogP contribution in [-0.4, -0.2) is 27.5 Å². The lowest BCUT2D eigenvalue weighted by Crippen LogP contribution is -2.27. The first kappa shape index (κ1) is 11.8. The topological polar surface area (TPSA) is 64.1 Å². The zero-order valence-corrected chi connectivity index (χ0v) is 9.87. The third-order valence-electron chi connectivity index (χ3n) is 2.75. The van der Waals surface area contributed by atoms with E-state index in [-0.39, 0.29) is 12.6 Å². The van der Waals surface area contributed by atoms with Gasteiger partial charge in [0.05, 0.1) is 12.8 Å². The molecule has 0 radical (unpaired) electrons. The Kier molecular flexibility index (Phi) is 3.56. The highest BCUT2D eigenvalue weighted by atomic mass is 16.3. The van der Waals surface area contributed by atoms with Gasteiger partial charge in [-0.25, -0.2) is 0 Å². The second-order valence-electron chi connectivity index (χ2n) is 4.21. The second-order valence-corrected chi connectivity index (χ2v) is 4.21. The maximum Gasteiger partial charge on any atom is 0.0585 e. The summed E-state index contributed by atoms with van der Waals surface area (Å²) in [5.74, 6) is 0. The number of hydrogen-bond donors (Lipinski definition) is 2. The lowest BCUT2D eigenvalue weighted by molar-refractivity contribution is 0.265. The molecule has 0 bridgehead atoms. The SMILES string of the molecule is Cn1cc(-c2ccccc2C[C@H](N)CO)cn1. The van der Waals surface area contributed by atoms with E-state index >= 15 is 0 Å². The monoisotopic (exact) mass is 231 g/mol. The van der Waals surface area contributed by atoms with Crippen molar-refractivity contribution in [3.8, 4) is 11.1 Å². The molecule has 0 spiro atoms. The van der Waals surface area contributed by atoms with Crippen LogP contribution in [0.3, 0.4) is 0 Å². The zero-order chi connectivity index (χ0) is 12.3. The van der Waals surface area contributed by atoms with Crippen molar-refractivity contribution in [3.05, 3.63) is 42.2 Å². The first-order chi connectivity index (χ1) is 8.20. The Morgan fingerprint density at radius 2 is 2.18 bits per heavy atom. The maximum atomic E-state index is 9.02. The van der Waals surface area contributed by atoms with E-state index in [1.54, 1.807) is 4.68 Å². The molecular weight excluding hydrogens is 214 g/mol. The van der Waals surface area contributed by atoms with Crippen LogP contribution in [0, 0.1) is 0 Å². The quantitative estimate of drug-likeness (QED) is 0.823. The number of aliphatic hydroxyl groups is 1. The highest BCUT2D eigenvalue weighted by Crippen LogP contribution is 2.23. The molecule has 1 atom stereocenters. The lowest BCUT2D eigenvalue weighted by atomic mass is 9.97. The van der Waals surface area contributed by atoms with E-state index < -0.39 is 0 Å².